The van der Waals surface area contributed by atoms with Crippen molar-refractivity contribution in [3.05, 3.63) is 40.9 Å². The van der Waals surface area contributed by atoms with E-state index < -0.39 is 0 Å². The molecule has 206 valence electrons. The van der Waals surface area contributed by atoms with E-state index in [1.54, 1.807) is 0 Å². The summed E-state index contributed by atoms with van der Waals surface area (Å²) >= 11 is 12.1. The Balaban J connectivity index is 1.33. The lowest BCUT2D eigenvalue weighted by atomic mass is 9.74. The molecule has 2 aromatic rings. The van der Waals surface area contributed by atoms with Gasteiger partial charge in [-0.1, -0.05) is 37.6 Å². The highest BCUT2D eigenvalue weighted by molar-refractivity contribution is 7.80. The van der Waals surface area contributed by atoms with Gasteiger partial charge in [-0.15, -0.1) is 0 Å². The first kappa shape index (κ1) is 27.4. The fourth-order valence-corrected chi connectivity index (χ4v) is 6.49. The van der Waals surface area contributed by atoms with Crippen LogP contribution in [0.3, 0.4) is 0 Å². The molecule has 9 heteroatoms. The highest BCUT2D eigenvalue weighted by Crippen LogP contribution is 2.35. The van der Waals surface area contributed by atoms with Crippen molar-refractivity contribution in [2.75, 3.05) is 61.1 Å². The van der Waals surface area contributed by atoms with Crippen molar-refractivity contribution >= 4 is 46.5 Å². The van der Waals surface area contributed by atoms with Gasteiger partial charge in [0.1, 0.15) is 11.6 Å². The van der Waals surface area contributed by atoms with Gasteiger partial charge in [0.05, 0.1) is 0 Å². The lowest BCUT2D eigenvalue weighted by Gasteiger charge is -2.38. The van der Waals surface area contributed by atoms with E-state index in [-0.39, 0.29) is 5.41 Å². The molecule has 0 spiro atoms. The summed E-state index contributed by atoms with van der Waals surface area (Å²) < 4.78 is 5.70. The fraction of sp³-hybridized carbons (Fsp3) is 0.621. The van der Waals surface area contributed by atoms with Crippen LogP contribution in [0, 0.1) is 11.8 Å². The second-order valence-corrected chi connectivity index (χ2v) is 12.4. The minimum absolute atomic E-state index is 0.0867. The zero-order chi connectivity index (χ0) is 26.5. The van der Waals surface area contributed by atoms with Gasteiger partial charge >= 0.3 is 0 Å². The minimum Gasteiger partial charge on any atom is -0.381 e. The van der Waals surface area contributed by atoms with E-state index in [0.717, 1.165) is 68.9 Å². The van der Waals surface area contributed by atoms with E-state index >= 15 is 0 Å². The smallest absolute Gasteiger partial charge is 0.232 e. The summed E-state index contributed by atoms with van der Waals surface area (Å²) in [6.45, 7) is 10.9. The Hall–Kier alpha value is -2.16. The van der Waals surface area contributed by atoms with Gasteiger partial charge in [-0.05, 0) is 80.3 Å². The van der Waals surface area contributed by atoms with Gasteiger partial charge in [0.25, 0.3) is 0 Å². The molecule has 0 saturated carbocycles. The van der Waals surface area contributed by atoms with Crippen molar-refractivity contribution in [1.82, 2.24) is 15.3 Å². The SMILES string of the molecule is C[C@@H]1CCCN(c2cc(N3CCC[C@H](C)C3)nc(NC(=S)NCC3(c4cccc(Cl)c4)CCOCC3)n2)C1. The first-order valence-electron chi connectivity index (χ1n) is 14.2. The topological polar surface area (TPSA) is 65.5 Å². The van der Waals surface area contributed by atoms with Crippen molar-refractivity contribution in [2.45, 2.75) is 57.8 Å². The number of nitrogens with zero attached hydrogens (tertiary/aromatic N) is 4. The molecule has 0 unspecified atom stereocenters. The van der Waals surface area contributed by atoms with Crippen molar-refractivity contribution in [1.29, 1.82) is 0 Å². The number of benzene rings is 1. The second kappa shape index (κ2) is 12.3. The van der Waals surface area contributed by atoms with Crippen LogP contribution >= 0.6 is 23.8 Å². The number of aromatic nitrogens is 2. The van der Waals surface area contributed by atoms with E-state index in [1.807, 2.05) is 12.1 Å². The van der Waals surface area contributed by atoms with Gasteiger partial charge in [0.2, 0.25) is 5.95 Å². The Morgan fingerprint density at radius 2 is 1.66 bits per heavy atom. The third-order valence-electron chi connectivity index (χ3n) is 8.36. The Kier molecular flexibility index (Phi) is 8.91. The molecule has 3 aliphatic rings. The lowest BCUT2D eigenvalue weighted by Crippen LogP contribution is -2.45. The van der Waals surface area contributed by atoms with Crippen LogP contribution in [0.4, 0.5) is 17.6 Å². The maximum Gasteiger partial charge on any atom is 0.232 e. The molecule has 4 heterocycles. The predicted octanol–water partition coefficient (Wildman–Crippen LogP) is 5.64. The molecule has 3 fully saturated rings. The number of rotatable bonds is 6. The first-order chi connectivity index (χ1) is 18.4. The quantitative estimate of drug-likeness (QED) is 0.443. The summed E-state index contributed by atoms with van der Waals surface area (Å²) in [4.78, 5) is 14.7. The average Bonchev–Trinajstić information content (AvgIpc) is 2.92. The maximum atomic E-state index is 6.36. The maximum absolute atomic E-state index is 6.36. The molecule has 3 aliphatic heterocycles. The Labute approximate surface area is 237 Å². The molecule has 0 radical (unpaired) electrons. The van der Waals surface area contributed by atoms with Gasteiger partial charge in [-0.25, -0.2) is 0 Å². The van der Waals surface area contributed by atoms with Crippen LogP contribution in [-0.2, 0) is 10.2 Å². The molecular formula is C29H41ClN6OS. The molecule has 3 saturated heterocycles. The zero-order valence-electron chi connectivity index (χ0n) is 22.7. The molecule has 2 atom stereocenters. The van der Waals surface area contributed by atoms with Crippen LogP contribution in [0.15, 0.2) is 30.3 Å². The molecule has 38 heavy (non-hydrogen) atoms. The molecule has 0 aliphatic carbocycles. The van der Waals surface area contributed by atoms with Gasteiger partial charge in [0.15, 0.2) is 5.11 Å². The van der Waals surface area contributed by atoms with Crippen molar-refractivity contribution in [3.63, 3.8) is 0 Å². The summed E-state index contributed by atoms with van der Waals surface area (Å²) in [5.74, 6) is 3.88. The van der Waals surface area contributed by atoms with Crippen LogP contribution in [0.25, 0.3) is 0 Å². The summed E-state index contributed by atoms with van der Waals surface area (Å²) in [5, 5.41) is 8.11. The predicted molar refractivity (Wildman–Crippen MR) is 161 cm³/mol. The summed E-state index contributed by atoms with van der Waals surface area (Å²) in [6, 6.07) is 10.4. The molecule has 0 bridgehead atoms. The lowest BCUT2D eigenvalue weighted by molar-refractivity contribution is 0.0515. The zero-order valence-corrected chi connectivity index (χ0v) is 24.3. The number of ether oxygens (including phenoxy) is 1. The highest BCUT2D eigenvalue weighted by atomic mass is 35.5. The number of hydrogen-bond donors (Lipinski definition) is 2. The van der Waals surface area contributed by atoms with Gasteiger partial charge in [0, 0.05) is 62.4 Å². The normalized spacial score (nSPS) is 23.7. The summed E-state index contributed by atoms with van der Waals surface area (Å²) in [6.07, 6.45) is 6.77. The van der Waals surface area contributed by atoms with Crippen LogP contribution in [0.1, 0.15) is 57.9 Å². The summed E-state index contributed by atoms with van der Waals surface area (Å²) in [7, 11) is 0. The number of piperidine rings is 2. The van der Waals surface area contributed by atoms with Crippen LogP contribution in [0.2, 0.25) is 5.02 Å². The monoisotopic (exact) mass is 556 g/mol. The Bertz CT molecular complexity index is 1070. The summed E-state index contributed by atoms with van der Waals surface area (Å²) in [5.41, 5.74) is 1.14. The Morgan fingerprint density at radius 3 is 2.24 bits per heavy atom. The molecule has 1 aromatic heterocycles. The van der Waals surface area contributed by atoms with E-state index in [9.17, 15) is 0 Å². The third kappa shape index (κ3) is 6.69. The minimum atomic E-state index is -0.0867. The van der Waals surface area contributed by atoms with Crippen molar-refractivity contribution in [2.24, 2.45) is 11.8 Å². The molecular weight excluding hydrogens is 516 g/mol. The van der Waals surface area contributed by atoms with E-state index in [1.165, 1.54) is 31.2 Å². The number of thiocarbonyl (C=S) groups is 1. The molecule has 1 aromatic carbocycles. The average molecular weight is 557 g/mol. The van der Waals surface area contributed by atoms with Gasteiger partial charge in [-0.3, -0.25) is 0 Å². The van der Waals surface area contributed by atoms with E-state index in [4.69, 9.17) is 38.5 Å². The molecule has 7 nitrogen and oxygen atoms in total. The largest absolute Gasteiger partial charge is 0.381 e. The number of hydrogen-bond acceptors (Lipinski definition) is 6. The van der Waals surface area contributed by atoms with E-state index in [2.05, 4.69) is 52.5 Å². The Morgan fingerprint density at radius 1 is 1.03 bits per heavy atom. The number of halogens is 1. The first-order valence-corrected chi connectivity index (χ1v) is 15.0. The van der Waals surface area contributed by atoms with Crippen LogP contribution in [0.5, 0.6) is 0 Å². The molecule has 2 N–H and O–H groups in total. The van der Waals surface area contributed by atoms with E-state index in [0.29, 0.717) is 29.4 Å². The third-order valence-corrected chi connectivity index (χ3v) is 8.84. The van der Waals surface area contributed by atoms with Crippen molar-refractivity contribution < 1.29 is 4.74 Å². The highest BCUT2D eigenvalue weighted by Gasteiger charge is 2.35. The fourth-order valence-electron chi connectivity index (χ4n) is 6.14. The van der Waals surface area contributed by atoms with Crippen molar-refractivity contribution in [3.8, 4) is 0 Å². The standard InChI is InChI=1S/C29H41ClN6OS/c1-21-6-4-12-35(18-21)25-17-26(36-13-5-7-22(2)19-36)33-27(32-25)34-28(38)31-20-29(10-14-37-15-11-29)23-8-3-9-24(30)16-23/h3,8-9,16-17,21-22H,4-7,10-15,18-20H2,1-2H3,(H2,31,32,33,34,38)/t21-,22+. The van der Waals surface area contributed by atoms with Crippen LogP contribution in [-0.4, -0.2) is 61.0 Å². The number of anilines is 3. The molecule has 0 amide bonds. The van der Waals surface area contributed by atoms with Gasteiger partial charge < -0.3 is 25.2 Å². The van der Waals surface area contributed by atoms with Crippen LogP contribution < -0.4 is 20.4 Å². The number of nitrogens with one attached hydrogen (secondary N) is 2. The van der Waals surface area contributed by atoms with Gasteiger partial charge in [-0.2, -0.15) is 9.97 Å². The second-order valence-electron chi connectivity index (χ2n) is 11.5. The molecule has 5 rings (SSSR count).